The number of aryl methyl sites for hydroxylation is 1. The van der Waals surface area contributed by atoms with Crippen molar-refractivity contribution in [2.75, 3.05) is 36.5 Å². The average molecular weight is 394 g/mol. The lowest BCUT2D eigenvalue weighted by atomic mass is 10.1. The Morgan fingerprint density at radius 3 is 2.37 bits per heavy atom. The van der Waals surface area contributed by atoms with Crippen molar-refractivity contribution in [3.05, 3.63) is 29.8 Å². The Labute approximate surface area is 164 Å². The van der Waals surface area contributed by atoms with Crippen molar-refractivity contribution in [2.24, 2.45) is 0 Å². The Hall–Kier alpha value is -2.22. The molecule has 1 aliphatic heterocycles. The van der Waals surface area contributed by atoms with E-state index in [1.54, 1.807) is 11.8 Å². The maximum Gasteiger partial charge on any atom is 0.409 e. The summed E-state index contributed by atoms with van der Waals surface area (Å²) >= 11 is 1.28. The number of hydrogen-bond donors (Lipinski definition) is 2. The lowest BCUT2D eigenvalue weighted by molar-refractivity contribution is -0.119. The Morgan fingerprint density at radius 2 is 1.74 bits per heavy atom. The molecule has 1 aromatic rings. The number of likely N-dealkylation sites (tertiary alicyclic amines) is 1. The molecule has 2 N–H and O–H groups in total. The van der Waals surface area contributed by atoms with E-state index in [1.165, 1.54) is 11.8 Å². The van der Waals surface area contributed by atoms with Crippen LogP contribution in [0.2, 0.25) is 0 Å². The summed E-state index contributed by atoms with van der Waals surface area (Å²) in [6.45, 7) is 5.29. The molecule has 0 atom stereocenters. The van der Waals surface area contributed by atoms with Crippen LogP contribution in [0, 0.1) is 6.92 Å². The number of benzene rings is 1. The fourth-order valence-corrected chi connectivity index (χ4v) is 3.39. The fourth-order valence-electron chi connectivity index (χ4n) is 2.76. The number of rotatable bonds is 7. The van der Waals surface area contributed by atoms with Crippen molar-refractivity contribution in [2.45, 2.75) is 32.7 Å². The molecule has 27 heavy (non-hydrogen) atoms. The minimum Gasteiger partial charge on any atom is -0.450 e. The third-order valence-electron chi connectivity index (χ3n) is 4.19. The number of anilines is 1. The second kappa shape index (κ2) is 10.8. The molecular formula is C19H27N3O4S. The highest BCUT2D eigenvalue weighted by Crippen LogP contribution is 2.13. The first-order valence-corrected chi connectivity index (χ1v) is 10.3. The smallest absolute Gasteiger partial charge is 0.409 e. The summed E-state index contributed by atoms with van der Waals surface area (Å²) in [4.78, 5) is 37.3. The number of nitrogens with zero attached hydrogens (tertiary/aromatic N) is 1. The van der Waals surface area contributed by atoms with E-state index < -0.39 is 0 Å². The highest BCUT2D eigenvalue weighted by atomic mass is 32.2. The number of piperidine rings is 1. The quantitative estimate of drug-likeness (QED) is 0.743. The third kappa shape index (κ3) is 7.50. The zero-order chi connectivity index (χ0) is 19.6. The molecule has 0 radical (unpaired) electrons. The van der Waals surface area contributed by atoms with Gasteiger partial charge in [-0.1, -0.05) is 17.7 Å². The lowest BCUT2D eigenvalue weighted by Crippen LogP contribution is -2.47. The van der Waals surface area contributed by atoms with E-state index in [-0.39, 0.29) is 35.5 Å². The van der Waals surface area contributed by atoms with Crippen LogP contribution in [0.3, 0.4) is 0 Å². The summed E-state index contributed by atoms with van der Waals surface area (Å²) in [7, 11) is 0. The Bertz CT molecular complexity index is 643. The number of amides is 3. The summed E-state index contributed by atoms with van der Waals surface area (Å²) in [5, 5.41) is 5.78. The van der Waals surface area contributed by atoms with Gasteiger partial charge in [0.1, 0.15) is 0 Å². The molecule has 1 fully saturated rings. The maximum atomic E-state index is 12.0. The van der Waals surface area contributed by atoms with Crippen molar-refractivity contribution in [3.63, 3.8) is 0 Å². The van der Waals surface area contributed by atoms with Crippen LogP contribution in [0.15, 0.2) is 24.3 Å². The number of carbonyl (C=O) groups excluding carboxylic acids is 3. The van der Waals surface area contributed by atoms with Gasteiger partial charge in [-0.2, -0.15) is 0 Å². The first-order valence-electron chi connectivity index (χ1n) is 9.13. The number of carbonyl (C=O) groups is 3. The normalized spacial score (nSPS) is 14.5. The average Bonchev–Trinajstić information content (AvgIpc) is 2.64. The molecule has 1 heterocycles. The van der Waals surface area contributed by atoms with Gasteiger partial charge in [-0.15, -0.1) is 11.8 Å². The molecule has 0 unspecified atom stereocenters. The van der Waals surface area contributed by atoms with Crippen molar-refractivity contribution in [3.8, 4) is 0 Å². The largest absolute Gasteiger partial charge is 0.450 e. The van der Waals surface area contributed by atoms with Gasteiger partial charge in [0.2, 0.25) is 11.8 Å². The summed E-state index contributed by atoms with van der Waals surface area (Å²) < 4.78 is 4.98. The van der Waals surface area contributed by atoms with E-state index >= 15 is 0 Å². The first-order chi connectivity index (χ1) is 13.0. The second-order valence-corrected chi connectivity index (χ2v) is 7.42. The van der Waals surface area contributed by atoms with Gasteiger partial charge in [0, 0.05) is 24.8 Å². The summed E-state index contributed by atoms with van der Waals surface area (Å²) in [5.41, 5.74) is 1.89. The van der Waals surface area contributed by atoms with Gasteiger partial charge in [-0.3, -0.25) is 9.59 Å². The van der Waals surface area contributed by atoms with Crippen LogP contribution in [-0.2, 0) is 14.3 Å². The zero-order valence-electron chi connectivity index (χ0n) is 15.8. The van der Waals surface area contributed by atoms with Gasteiger partial charge in [-0.25, -0.2) is 4.79 Å². The van der Waals surface area contributed by atoms with Crippen LogP contribution in [0.4, 0.5) is 10.5 Å². The second-order valence-electron chi connectivity index (χ2n) is 6.43. The molecule has 1 aromatic carbocycles. The molecule has 1 saturated heterocycles. The zero-order valence-corrected chi connectivity index (χ0v) is 16.6. The highest BCUT2D eigenvalue weighted by molar-refractivity contribution is 8.00. The van der Waals surface area contributed by atoms with Gasteiger partial charge in [0.15, 0.2) is 0 Å². The van der Waals surface area contributed by atoms with Crippen LogP contribution in [-0.4, -0.2) is 60.1 Å². The molecule has 0 spiro atoms. The Balaban J connectivity index is 1.60. The van der Waals surface area contributed by atoms with Crippen molar-refractivity contribution < 1.29 is 19.1 Å². The van der Waals surface area contributed by atoms with Crippen molar-refractivity contribution in [1.82, 2.24) is 10.2 Å². The van der Waals surface area contributed by atoms with Crippen LogP contribution in [0.1, 0.15) is 25.3 Å². The predicted octanol–water partition coefficient (Wildman–Crippen LogP) is 2.40. The minimum absolute atomic E-state index is 0.0603. The van der Waals surface area contributed by atoms with Gasteiger partial charge in [-0.05, 0) is 38.8 Å². The van der Waals surface area contributed by atoms with E-state index in [2.05, 4.69) is 10.6 Å². The molecule has 3 amide bonds. The molecule has 0 aliphatic carbocycles. The fraction of sp³-hybridized carbons (Fsp3) is 0.526. The molecule has 0 saturated carbocycles. The SMILES string of the molecule is CCOC(=O)N1CCC(NC(=O)CSCC(=O)Nc2ccc(C)cc2)CC1. The van der Waals surface area contributed by atoms with Gasteiger partial charge in [0.05, 0.1) is 18.1 Å². The summed E-state index contributed by atoms with van der Waals surface area (Å²) in [6, 6.07) is 7.64. The highest BCUT2D eigenvalue weighted by Gasteiger charge is 2.24. The maximum absolute atomic E-state index is 12.0. The molecule has 0 bridgehead atoms. The van der Waals surface area contributed by atoms with Crippen LogP contribution in [0.5, 0.6) is 0 Å². The van der Waals surface area contributed by atoms with Gasteiger partial charge < -0.3 is 20.3 Å². The lowest BCUT2D eigenvalue weighted by Gasteiger charge is -2.31. The molecular weight excluding hydrogens is 366 g/mol. The molecule has 8 heteroatoms. The van der Waals surface area contributed by atoms with E-state index in [1.807, 2.05) is 31.2 Å². The molecule has 1 aliphatic rings. The van der Waals surface area contributed by atoms with E-state index in [4.69, 9.17) is 4.74 Å². The predicted molar refractivity (Wildman–Crippen MR) is 107 cm³/mol. The van der Waals surface area contributed by atoms with Gasteiger partial charge in [0.25, 0.3) is 0 Å². The Morgan fingerprint density at radius 1 is 1.11 bits per heavy atom. The summed E-state index contributed by atoms with van der Waals surface area (Å²) in [6.07, 6.45) is 1.13. The number of hydrogen-bond acceptors (Lipinski definition) is 5. The van der Waals surface area contributed by atoms with Crippen LogP contribution >= 0.6 is 11.8 Å². The molecule has 0 aromatic heterocycles. The van der Waals surface area contributed by atoms with E-state index in [9.17, 15) is 14.4 Å². The number of ether oxygens (including phenoxy) is 1. The third-order valence-corrected chi connectivity index (χ3v) is 5.12. The number of nitrogens with one attached hydrogen (secondary N) is 2. The first kappa shape index (κ1) is 21.1. The molecule has 2 rings (SSSR count). The molecule has 7 nitrogen and oxygen atoms in total. The summed E-state index contributed by atoms with van der Waals surface area (Å²) in [5.74, 6) is 0.249. The van der Waals surface area contributed by atoms with Crippen LogP contribution in [0.25, 0.3) is 0 Å². The monoisotopic (exact) mass is 393 g/mol. The number of thioether (sulfide) groups is 1. The Kier molecular flexibility index (Phi) is 8.44. The van der Waals surface area contributed by atoms with Crippen molar-refractivity contribution >= 4 is 35.4 Å². The van der Waals surface area contributed by atoms with Crippen LogP contribution < -0.4 is 10.6 Å². The van der Waals surface area contributed by atoms with E-state index in [0.29, 0.717) is 32.5 Å². The van der Waals surface area contributed by atoms with E-state index in [0.717, 1.165) is 11.3 Å². The van der Waals surface area contributed by atoms with Crippen molar-refractivity contribution in [1.29, 1.82) is 0 Å². The minimum atomic E-state index is -0.294. The molecule has 148 valence electrons. The topological polar surface area (TPSA) is 87.7 Å². The standard InChI is InChI=1S/C19H27N3O4S/c1-3-26-19(25)22-10-8-16(9-11-22)21-18(24)13-27-12-17(23)20-15-6-4-14(2)5-7-15/h4-7,16H,3,8-13H2,1-2H3,(H,20,23)(H,21,24). The van der Waals surface area contributed by atoms with Gasteiger partial charge >= 0.3 is 6.09 Å².